The number of aryl methyl sites for hydroxylation is 1. The molecule has 2 aromatic rings. The Morgan fingerprint density at radius 1 is 1.22 bits per heavy atom. The van der Waals surface area contributed by atoms with Gasteiger partial charge in [0.05, 0.1) is 12.7 Å². The van der Waals surface area contributed by atoms with E-state index in [9.17, 15) is 4.79 Å². The zero-order valence-electron chi connectivity index (χ0n) is 15.8. The van der Waals surface area contributed by atoms with Gasteiger partial charge in [0.1, 0.15) is 0 Å². The summed E-state index contributed by atoms with van der Waals surface area (Å²) in [7, 11) is 1.90. The lowest BCUT2D eigenvalue weighted by molar-refractivity contribution is -0.117. The SMILES string of the molecule is CCNC(=NCc1cnn(C)c1)NCc1ccc(N2CCCC2=O)cc1.I. The number of hydrogen-bond acceptors (Lipinski definition) is 3. The quantitative estimate of drug-likeness (QED) is 0.377. The molecule has 1 saturated heterocycles. The number of carbonyl (C=O) groups is 1. The van der Waals surface area contributed by atoms with Gasteiger partial charge in [-0.3, -0.25) is 9.48 Å². The summed E-state index contributed by atoms with van der Waals surface area (Å²) in [6, 6.07) is 8.14. The number of nitrogens with zero attached hydrogens (tertiary/aromatic N) is 4. The first-order valence-electron chi connectivity index (χ1n) is 9.04. The minimum atomic E-state index is 0. The number of aromatic nitrogens is 2. The van der Waals surface area contributed by atoms with Crippen LogP contribution in [0.15, 0.2) is 41.7 Å². The first-order valence-corrected chi connectivity index (χ1v) is 9.04. The second kappa shape index (κ2) is 10.3. The molecule has 2 N–H and O–H groups in total. The largest absolute Gasteiger partial charge is 0.357 e. The van der Waals surface area contributed by atoms with Crippen LogP contribution in [0.3, 0.4) is 0 Å². The van der Waals surface area contributed by atoms with Gasteiger partial charge in [-0.2, -0.15) is 5.10 Å². The molecular formula is C19H27IN6O. The van der Waals surface area contributed by atoms with Crippen LogP contribution >= 0.6 is 24.0 Å². The third-order valence-corrected chi connectivity index (χ3v) is 4.30. The second-order valence-electron chi connectivity index (χ2n) is 6.39. The van der Waals surface area contributed by atoms with Crippen molar-refractivity contribution in [1.82, 2.24) is 20.4 Å². The Morgan fingerprint density at radius 3 is 2.59 bits per heavy atom. The number of guanidine groups is 1. The molecule has 3 rings (SSSR count). The van der Waals surface area contributed by atoms with Crippen LogP contribution in [0.4, 0.5) is 5.69 Å². The molecule has 1 aromatic carbocycles. The minimum Gasteiger partial charge on any atom is -0.357 e. The van der Waals surface area contributed by atoms with Crippen LogP contribution in [0.2, 0.25) is 0 Å². The number of aliphatic imine (C=N–C) groups is 1. The van der Waals surface area contributed by atoms with E-state index in [-0.39, 0.29) is 29.9 Å². The molecule has 0 saturated carbocycles. The van der Waals surface area contributed by atoms with Crippen molar-refractivity contribution in [2.24, 2.45) is 12.0 Å². The van der Waals surface area contributed by atoms with Crippen molar-refractivity contribution in [2.75, 3.05) is 18.0 Å². The Bertz CT molecular complexity index is 771. The van der Waals surface area contributed by atoms with Crippen LogP contribution in [0, 0.1) is 0 Å². The number of benzene rings is 1. The number of carbonyl (C=O) groups excluding carboxylic acids is 1. The highest BCUT2D eigenvalue weighted by Gasteiger charge is 2.21. The first-order chi connectivity index (χ1) is 12.7. The summed E-state index contributed by atoms with van der Waals surface area (Å²) in [4.78, 5) is 18.3. The van der Waals surface area contributed by atoms with Crippen molar-refractivity contribution in [3.8, 4) is 0 Å². The van der Waals surface area contributed by atoms with E-state index >= 15 is 0 Å². The molecule has 0 spiro atoms. The smallest absolute Gasteiger partial charge is 0.227 e. The molecule has 146 valence electrons. The van der Waals surface area contributed by atoms with Gasteiger partial charge in [0.25, 0.3) is 0 Å². The summed E-state index contributed by atoms with van der Waals surface area (Å²) in [5.74, 6) is 0.989. The molecule has 2 heterocycles. The van der Waals surface area contributed by atoms with E-state index in [1.165, 1.54) is 0 Å². The number of rotatable bonds is 6. The van der Waals surface area contributed by atoms with Crippen LogP contribution in [0.5, 0.6) is 0 Å². The van der Waals surface area contributed by atoms with Crippen LogP contribution in [-0.2, 0) is 24.9 Å². The van der Waals surface area contributed by atoms with Crippen LogP contribution < -0.4 is 15.5 Å². The topological polar surface area (TPSA) is 74.6 Å². The Morgan fingerprint density at radius 2 is 2.00 bits per heavy atom. The lowest BCUT2D eigenvalue weighted by atomic mass is 10.2. The predicted octanol–water partition coefficient (Wildman–Crippen LogP) is 2.42. The van der Waals surface area contributed by atoms with Gasteiger partial charge in [0, 0.05) is 50.6 Å². The van der Waals surface area contributed by atoms with E-state index in [4.69, 9.17) is 0 Å². The molecule has 1 aromatic heterocycles. The second-order valence-corrected chi connectivity index (χ2v) is 6.39. The molecule has 27 heavy (non-hydrogen) atoms. The fraction of sp³-hybridized carbons (Fsp3) is 0.421. The third-order valence-electron chi connectivity index (χ3n) is 4.30. The van der Waals surface area contributed by atoms with Gasteiger partial charge in [0.15, 0.2) is 5.96 Å². The third kappa shape index (κ3) is 5.95. The maximum atomic E-state index is 11.8. The molecule has 0 unspecified atom stereocenters. The fourth-order valence-corrected chi connectivity index (χ4v) is 2.97. The van der Waals surface area contributed by atoms with Gasteiger partial charge in [0.2, 0.25) is 5.91 Å². The monoisotopic (exact) mass is 482 g/mol. The van der Waals surface area contributed by atoms with Gasteiger partial charge in [-0.1, -0.05) is 12.1 Å². The lowest BCUT2D eigenvalue weighted by Crippen LogP contribution is -2.36. The summed E-state index contributed by atoms with van der Waals surface area (Å²) in [5, 5.41) is 10.8. The van der Waals surface area contributed by atoms with E-state index in [1.807, 2.05) is 43.4 Å². The molecule has 8 heteroatoms. The Kier molecular flexibility index (Phi) is 8.08. The van der Waals surface area contributed by atoms with Crippen LogP contribution in [0.1, 0.15) is 30.9 Å². The van der Waals surface area contributed by atoms with E-state index in [0.717, 1.165) is 42.3 Å². The maximum absolute atomic E-state index is 11.8. The van der Waals surface area contributed by atoms with Crippen LogP contribution in [0.25, 0.3) is 0 Å². The zero-order chi connectivity index (χ0) is 18.4. The van der Waals surface area contributed by atoms with Gasteiger partial charge >= 0.3 is 0 Å². The number of halogens is 1. The van der Waals surface area contributed by atoms with E-state index < -0.39 is 0 Å². The van der Waals surface area contributed by atoms with Gasteiger partial charge in [-0.15, -0.1) is 24.0 Å². The average molecular weight is 482 g/mol. The highest BCUT2D eigenvalue weighted by Crippen LogP contribution is 2.21. The maximum Gasteiger partial charge on any atom is 0.227 e. The lowest BCUT2D eigenvalue weighted by Gasteiger charge is -2.16. The minimum absolute atomic E-state index is 0. The molecule has 1 aliphatic heterocycles. The Labute approximate surface area is 177 Å². The molecular weight excluding hydrogens is 455 g/mol. The van der Waals surface area contributed by atoms with Crippen molar-refractivity contribution in [3.63, 3.8) is 0 Å². The van der Waals surface area contributed by atoms with Crippen molar-refractivity contribution in [1.29, 1.82) is 0 Å². The van der Waals surface area contributed by atoms with E-state index in [0.29, 0.717) is 19.5 Å². The van der Waals surface area contributed by atoms with Crippen molar-refractivity contribution >= 4 is 41.5 Å². The summed E-state index contributed by atoms with van der Waals surface area (Å²) in [5.41, 5.74) is 3.20. The van der Waals surface area contributed by atoms with Gasteiger partial charge in [-0.05, 0) is 31.0 Å². The molecule has 1 aliphatic rings. The highest BCUT2D eigenvalue weighted by molar-refractivity contribution is 14.0. The fourth-order valence-electron chi connectivity index (χ4n) is 2.97. The Balaban J connectivity index is 0.00000261. The summed E-state index contributed by atoms with van der Waals surface area (Å²) in [6.07, 6.45) is 5.39. The average Bonchev–Trinajstić information content (AvgIpc) is 3.26. The highest BCUT2D eigenvalue weighted by atomic mass is 127. The van der Waals surface area contributed by atoms with E-state index in [1.54, 1.807) is 4.68 Å². The number of anilines is 1. The molecule has 7 nitrogen and oxygen atoms in total. The number of amides is 1. The number of nitrogens with one attached hydrogen (secondary N) is 2. The molecule has 0 aliphatic carbocycles. The van der Waals surface area contributed by atoms with Crippen molar-refractivity contribution in [3.05, 3.63) is 47.8 Å². The van der Waals surface area contributed by atoms with Crippen LogP contribution in [-0.4, -0.2) is 34.7 Å². The zero-order valence-corrected chi connectivity index (χ0v) is 18.1. The van der Waals surface area contributed by atoms with Gasteiger partial charge < -0.3 is 15.5 Å². The first kappa shape index (κ1) is 21.2. The number of hydrogen-bond donors (Lipinski definition) is 2. The molecule has 0 radical (unpaired) electrons. The summed E-state index contributed by atoms with van der Waals surface area (Å²) < 4.78 is 1.78. The summed E-state index contributed by atoms with van der Waals surface area (Å²) in [6.45, 7) is 4.92. The van der Waals surface area contributed by atoms with E-state index in [2.05, 4.69) is 32.9 Å². The Hall–Kier alpha value is -2.10. The van der Waals surface area contributed by atoms with Crippen molar-refractivity contribution in [2.45, 2.75) is 32.9 Å². The predicted molar refractivity (Wildman–Crippen MR) is 118 cm³/mol. The molecule has 0 atom stereocenters. The standard InChI is InChI=1S/C19H26N6O.HI/c1-3-20-19(22-12-16-13-23-24(2)14-16)21-11-15-6-8-17(9-7-15)25-10-4-5-18(25)26;/h6-9,13-14H,3-5,10-12H2,1-2H3,(H2,20,21,22);1H. The van der Waals surface area contributed by atoms with Gasteiger partial charge in [-0.25, -0.2) is 4.99 Å². The van der Waals surface area contributed by atoms with Crippen molar-refractivity contribution < 1.29 is 4.79 Å². The summed E-state index contributed by atoms with van der Waals surface area (Å²) >= 11 is 0. The molecule has 1 amide bonds. The molecule has 1 fully saturated rings. The molecule has 0 bridgehead atoms. The normalized spacial score (nSPS) is 14.2.